The van der Waals surface area contributed by atoms with Gasteiger partial charge in [-0.25, -0.2) is 4.79 Å². The maximum atomic E-state index is 11.5. The van der Waals surface area contributed by atoms with Crippen molar-refractivity contribution in [1.82, 2.24) is 4.90 Å². The van der Waals surface area contributed by atoms with Crippen molar-refractivity contribution < 1.29 is 14.3 Å². The van der Waals surface area contributed by atoms with Crippen molar-refractivity contribution in [2.75, 3.05) is 40.5 Å². The number of hydrogen-bond donors (Lipinski definition) is 0. The number of ether oxygens (including phenoxy) is 2. The molecule has 0 amide bonds. The van der Waals surface area contributed by atoms with Gasteiger partial charge in [0.15, 0.2) is 0 Å². The summed E-state index contributed by atoms with van der Waals surface area (Å²) in [5.41, 5.74) is 0.570. The maximum Gasteiger partial charge on any atom is 0.338 e. The lowest BCUT2D eigenvalue weighted by molar-refractivity contribution is 0.0299. The van der Waals surface area contributed by atoms with Crippen LogP contribution in [0.4, 0.5) is 0 Å². The van der Waals surface area contributed by atoms with Gasteiger partial charge in [0, 0.05) is 6.54 Å². The first-order valence-corrected chi connectivity index (χ1v) is 5.65. The molecular weight excluding hydrogens is 218 g/mol. The molecule has 0 atom stereocenters. The van der Waals surface area contributed by atoms with Crippen LogP contribution in [-0.2, 0) is 9.47 Å². The smallest absolute Gasteiger partial charge is 0.338 e. The van der Waals surface area contributed by atoms with Gasteiger partial charge in [-0.15, -0.1) is 0 Å². The Balaban J connectivity index is 2.09. The number of carbonyl (C=O) groups excluding carboxylic acids is 1. The van der Waals surface area contributed by atoms with Crippen LogP contribution in [0.25, 0.3) is 0 Å². The summed E-state index contributed by atoms with van der Waals surface area (Å²) in [7, 11) is 3.97. The molecule has 0 aromatic heterocycles. The van der Waals surface area contributed by atoms with E-state index in [0.717, 1.165) is 6.54 Å². The van der Waals surface area contributed by atoms with Crippen molar-refractivity contribution in [2.45, 2.75) is 0 Å². The van der Waals surface area contributed by atoms with E-state index in [1.165, 1.54) is 0 Å². The van der Waals surface area contributed by atoms with Crippen molar-refractivity contribution in [1.29, 1.82) is 0 Å². The summed E-state index contributed by atoms with van der Waals surface area (Å²) >= 11 is 0. The van der Waals surface area contributed by atoms with E-state index in [-0.39, 0.29) is 5.97 Å². The summed E-state index contributed by atoms with van der Waals surface area (Å²) in [5.74, 6) is -0.304. The Morgan fingerprint density at radius 1 is 1.12 bits per heavy atom. The molecule has 94 valence electrons. The number of rotatable bonds is 7. The summed E-state index contributed by atoms with van der Waals surface area (Å²) in [6, 6.07) is 8.94. The standard InChI is InChI=1S/C13H19NO3/c1-14(2)8-9-16-10-11-17-13(15)12-6-4-3-5-7-12/h3-7H,8-11H2,1-2H3. The van der Waals surface area contributed by atoms with Gasteiger partial charge in [-0.2, -0.15) is 0 Å². The number of hydrogen-bond acceptors (Lipinski definition) is 4. The molecule has 0 aliphatic heterocycles. The number of likely N-dealkylation sites (N-methyl/N-ethyl adjacent to an activating group) is 1. The normalized spacial score (nSPS) is 10.5. The Labute approximate surface area is 102 Å². The van der Waals surface area contributed by atoms with E-state index in [9.17, 15) is 4.79 Å². The van der Waals surface area contributed by atoms with Gasteiger partial charge in [0.25, 0.3) is 0 Å². The van der Waals surface area contributed by atoms with Crippen LogP contribution in [0.1, 0.15) is 10.4 Å². The molecular formula is C13H19NO3. The molecule has 0 aliphatic carbocycles. The van der Waals surface area contributed by atoms with Crippen LogP contribution in [0.3, 0.4) is 0 Å². The van der Waals surface area contributed by atoms with E-state index >= 15 is 0 Å². The predicted molar refractivity (Wildman–Crippen MR) is 66.1 cm³/mol. The van der Waals surface area contributed by atoms with Gasteiger partial charge < -0.3 is 14.4 Å². The number of nitrogens with zero attached hydrogens (tertiary/aromatic N) is 1. The maximum absolute atomic E-state index is 11.5. The molecule has 0 aliphatic rings. The van der Waals surface area contributed by atoms with Crippen molar-refractivity contribution in [2.24, 2.45) is 0 Å². The summed E-state index contributed by atoms with van der Waals surface area (Å²) in [4.78, 5) is 13.5. The van der Waals surface area contributed by atoms with Crippen LogP contribution < -0.4 is 0 Å². The number of esters is 1. The van der Waals surface area contributed by atoms with Gasteiger partial charge in [-0.05, 0) is 26.2 Å². The van der Waals surface area contributed by atoms with Gasteiger partial charge in [0.1, 0.15) is 6.61 Å². The second-order valence-electron chi connectivity index (χ2n) is 3.92. The van der Waals surface area contributed by atoms with E-state index in [2.05, 4.69) is 0 Å². The average molecular weight is 237 g/mol. The zero-order valence-electron chi connectivity index (χ0n) is 10.4. The Kier molecular flexibility index (Phi) is 6.29. The third kappa shape index (κ3) is 6.04. The van der Waals surface area contributed by atoms with Crippen molar-refractivity contribution in [3.63, 3.8) is 0 Å². The molecule has 0 bridgehead atoms. The number of benzene rings is 1. The van der Waals surface area contributed by atoms with Gasteiger partial charge in [0.05, 0.1) is 18.8 Å². The monoisotopic (exact) mass is 237 g/mol. The van der Waals surface area contributed by atoms with Crippen LogP contribution in [0.5, 0.6) is 0 Å². The fourth-order valence-corrected chi connectivity index (χ4v) is 1.20. The SMILES string of the molecule is CN(C)CCOCCOC(=O)c1ccccc1. The lowest BCUT2D eigenvalue weighted by atomic mass is 10.2. The van der Waals surface area contributed by atoms with Crippen molar-refractivity contribution >= 4 is 5.97 Å². The fraction of sp³-hybridized carbons (Fsp3) is 0.462. The molecule has 1 rings (SSSR count). The van der Waals surface area contributed by atoms with Gasteiger partial charge in [-0.3, -0.25) is 0 Å². The summed E-state index contributed by atoms with van der Waals surface area (Å²) in [6.45, 7) is 2.25. The first-order chi connectivity index (χ1) is 8.20. The second-order valence-corrected chi connectivity index (χ2v) is 3.92. The van der Waals surface area contributed by atoms with Crippen molar-refractivity contribution in [3.05, 3.63) is 35.9 Å². The highest BCUT2D eigenvalue weighted by atomic mass is 16.6. The molecule has 0 fully saturated rings. The molecule has 0 spiro atoms. The Morgan fingerprint density at radius 3 is 2.47 bits per heavy atom. The van der Waals surface area contributed by atoms with E-state index in [1.807, 2.05) is 37.2 Å². The first kappa shape index (κ1) is 13.7. The van der Waals surface area contributed by atoms with E-state index in [1.54, 1.807) is 12.1 Å². The zero-order chi connectivity index (χ0) is 12.5. The lowest BCUT2D eigenvalue weighted by Gasteiger charge is -2.10. The summed E-state index contributed by atoms with van der Waals surface area (Å²) in [5, 5.41) is 0. The molecule has 0 saturated carbocycles. The molecule has 0 saturated heterocycles. The van der Waals surface area contributed by atoms with Crippen LogP contribution in [0, 0.1) is 0 Å². The molecule has 17 heavy (non-hydrogen) atoms. The minimum Gasteiger partial charge on any atom is -0.460 e. The third-order valence-corrected chi connectivity index (χ3v) is 2.15. The molecule has 1 aromatic carbocycles. The Bertz CT molecular complexity index is 325. The minimum absolute atomic E-state index is 0.293. The summed E-state index contributed by atoms with van der Waals surface area (Å²) in [6.07, 6.45) is 0. The van der Waals surface area contributed by atoms with Crippen LogP contribution in [0.15, 0.2) is 30.3 Å². The largest absolute Gasteiger partial charge is 0.460 e. The predicted octanol–water partition coefficient (Wildman–Crippen LogP) is 1.42. The first-order valence-electron chi connectivity index (χ1n) is 5.65. The van der Waals surface area contributed by atoms with E-state index < -0.39 is 0 Å². The Morgan fingerprint density at radius 2 is 1.82 bits per heavy atom. The molecule has 0 N–H and O–H groups in total. The molecule has 0 radical (unpaired) electrons. The highest BCUT2D eigenvalue weighted by molar-refractivity contribution is 5.89. The van der Waals surface area contributed by atoms with Gasteiger partial charge >= 0.3 is 5.97 Å². The minimum atomic E-state index is -0.304. The third-order valence-electron chi connectivity index (χ3n) is 2.15. The van der Waals surface area contributed by atoms with Crippen LogP contribution >= 0.6 is 0 Å². The van der Waals surface area contributed by atoms with Gasteiger partial charge in [-0.1, -0.05) is 18.2 Å². The molecule has 1 aromatic rings. The molecule has 4 heteroatoms. The van der Waals surface area contributed by atoms with Gasteiger partial charge in [0.2, 0.25) is 0 Å². The van der Waals surface area contributed by atoms with E-state index in [4.69, 9.17) is 9.47 Å². The molecule has 4 nitrogen and oxygen atoms in total. The van der Waals surface area contributed by atoms with Crippen LogP contribution in [0.2, 0.25) is 0 Å². The Hall–Kier alpha value is -1.39. The topological polar surface area (TPSA) is 38.8 Å². The average Bonchev–Trinajstić information content (AvgIpc) is 2.34. The second kappa shape index (κ2) is 7.81. The highest BCUT2D eigenvalue weighted by Crippen LogP contribution is 2.00. The van der Waals surface area contributed by atoms with Crippen molar-refractivity contribution in [3.8, 4) is 0 Å². The number of carbonyl (C=O) groups is 1. The fourth-order valence-electron chi connectivity index (χ4n) is 1.20. The van der Waals surface area contributed by atoms with Crippen LogP contribution in [-0.4, -0.2) is 51.3 Å². The molecule has 0 heterocycles. The quantitative estimate of drug-likeness (QED) is 0.531. The molecule has 0 unspecified atom stereocenters. The lowest BCUT2D eigenvalue weighted by Crippen LogP contribution is -2.19. The zero-order valence-corrected chi connectivity index (χ0v) is 10.4. The van der Waals surface area contributed by atoms with E-state index in [0.29, 0.717) is 25.4 Å². The summed E-state index contributed by atoms with van der Waals surface area (Å²) < 4.78 is 10.4. The highest BCUT2D eigenvalue weighted by Gasteiger charge is 2.04.